The van der Waals surface area contributed by atoms with E-state index >= 15 is 0 Å². The minimum atomic E-state index is 0.404. The molecule has 1 heterocycles. The van der Waals surface area contributed by atoms with Crippen LogP contribution in [0.1, 0.15) is 5.56 Å². The Morgan fingerprint density at radius 3 is 2.64 bits per heavy atom. The van der Waals surface area contributed by atoms with Crippen LogP contribution in [0.25, 0.3) is 0 Å². The molecule has 25 heavy (non-hydrogen) atoms. The monoisotopic (exact) mass is 374 g/mol. The number of aromatic nitrogens is 2. The summed E-state index contributed by atoms with van der Waals surface area (Å²) in [5, 5.41) is 7.20. The number of hydrogen-bond acceptors (Lipinski definition) is 5. The molecule has 0 aliphatic rings. The first kappa shape index (κ1) is 17.3. The van der Waals surface area contributed by atoms with Gasteiger partial charge in [0.15, 0.2) is 0 Å². The number of ether oxygens (including phenoxy) is 1. The average molecular weight is 375 g/mol. The maximum absolute atomic E-state index is 6.19. The normalized spacial score (nSPS) is 10.4. The third-order valence-corrected chi connectivity index (χ3v) is 4.29. The first-order valence-electron chi connectivity index (χ1n) is 7.52. The SMILES string of the molecule is COc1ccc(C)cc1Nc1ccnc(Nc2cccc(Cl)c2Cl)n1. The highest BCUT2D eigenvalue weighted by molar-refractivity contribution is 6.43. The van der Waals surface area contributed by atoms with E-state index < -0.39 is 0 Å². The Morgan fingerprint density at radius 1 is 1.00 bits per heavy atom. The molecule has 0 amide bonds. The fourth-order valence-electron chi connectivity index (χ4n) is 2.27. The zero-order valence-electron chi connectivity index (χ0n) is 13.7. The lowest BCUT2D eigenvalue weighted by molar-refractivity contribution is 0.416. The van der Waals surface area contributed by atoms with Crippen LogP contribution in [-0.2, 0) is 0 Å². The van der Waals surface area contributed by atoms with Gasteiger partial charge in [0.2, 0.25) is 5.95 Å². The molecule has 1 aromatic heterocycles. The van der Waals surface area contributed by atoms with Gasteiger partial charge in [-0.25, -0.2) is 4.98 Å². The van der Waals surface area contributed by atoms with Crippen LogP contribution in [-0.4, -0.2) is 17.1 Å². The Labute approximate surface area is 156 Å². The second-order valence-electron chi connectivity index (χ2n) is 5.32. The molecule has 0 saturated heterocycles. The molecule has 0 fully saturated rings. The van der Waals surface area contributed by atoms with Gasteiger partial charge in [-0.1, -0.05) is 35.3 Å². The Kier molecular flexibility index (Phi) is 5.26. The van der Waals surface area contributed by atoms with Gasteiger partial charge < -0.3 is 15.4 Å². The Bertz CT molecular complexity index is 902. The van der Waals surface area contributed by atoms with Crippen LogP contribution in [0, 0.1) is 6.92 Å². The van der Waals surface area contributed by atoms with Gasteiger partial charge in [0, 0.05) is 6.20 Å². The van der Waals surface area contributed by atoms with Gasteiger partial charge >= 0.3 is 0 Å². The van der Waals surface area contributed by atoms with Gasteiger partial charge in [0.25, 0.3) is 0 Å². The standard InChI is InChI=1S/C18H16Cl2N4O/c1-11-6-7-15(25-2)14(10-11)22-16-8-9-21-18(24-16)23-13-5-3-4-12(19)17(13)20/h3-10H,1-2H3,(H2,21,22,23,24). The first-order valence-corrected chi connectivity index (χ1v) is 8.28. The van der Waals surface area contributed by atoms with Crippen molar-refractivity contribution in [2.75, 3.05) is 17.7 Å². The number of anilines is 4. The number of hydrogen-bond donors (Lipinski definition) is 2. The Hall–Kier alpha value is -2.50. The summed E-state index contributed by atoms with van der Waals surface area (Å²) in [7, 11) is 1.63. The summed E-state index contributed by atoms with van der Waals surface area (Å²) in [5.41, 5.74) is 2.58. The lowest BCUT2D eigenvalue weighted by Crippen LogP contribution is -2.02. The molecular weight excluding hydrogens is 359 g/mol. The van der Waals surface area contributed by atoms with Crippen molar-refractivity contribution in [3.05, 3.63) is 64.3 Å². The van der Waals surface area contributed by atoms with Gasteiger partial charge in [-0.05, 0) is 42.8 Å². The third-order valence-electron chi connectivity index (χ3n) is 3.47. The smallest absolute Gasteiger partial charge is 0.229 e. The zero-order chi connectivity index (χ0) is 17.8. The minimum absolute atomic E-state index is 0.404. The lowest BCUT2D eigenvalue weighted by Gasteiger charge is -2.12. The highest BCUT2D eigenvalue weighted by Gasteiger charge is 2.08. The van der Waals surface area contributed by atoms with E-state index in [4.69, 9.17) is 27.9 Å². The molecule has 0 spiro atoms. The van der Waals surface area contributed by atoms with Gasteiger partial charge in [0.05, 0.1) is 28.5 Å². The molecule has 0 saturated carbocycles. The number of rotatable bonds is 5. The number of aryl methyl sites for hydroxylation is 1. The van der Waals surface area contributed by atoms with Crippen molar-refractivity contribution in [1.82, 2.24) is 9.97 Å². The van der Waals surface area contributed by atoms with E-state index in [1.54, 1.807) is 37.6 Å². The van der Waals surface area contributed by atoms with Crippen molar-refractivity contribution in [2.24, 2.45) is 0 Å². The van der Waals surface area contributed by atoms with Crippen molar-refractivity contribution in [1.29, 1.82) is 0 Å². The second kappa shape index (κ2) is 7.59. The topological polar surface area (TPSA) is 59.1 Å². The van der Waals surface area contributed by atoms with E-state index in [2.05, 4.69) is 20.6 Å². The summed E-state index contributed by atoms with van der Waals surface area (Å²) < 4.78 is 5.37. The molecule has 0 atom stereocenters. The van der Waals surface area contributed by atoms with Crippen LogP contribution >= 0.6 is 23.2 Å². The highest BCUT2D eigenvalue weighted by atomic mass is 35.5. The summed E-state index contributed by atoms with van der Waals surface area (Å²) in [6, 6.07) is 13.0. The summed E-state index contributed by atoms with van der Waals surface area (Å²) in [4.78, 5) is 8.66. The van der Waals surface area contributed by atoms with E-state index in [9.17, 15) is 0 Å². The first-order chi connectivity index (χ1) is 12.1. The van der Waals surface area contributed by atoms with Crippen LogP contribution in [0.5, 0.6) is 5.75 Å². The number of halogens is 2. The molecule has 3 aromatic rings. The Morgan fingerprint density at radius 2 is 1.84 bits per heavy atom. The summed E-state index contributed by atoms with van der Waals surface area (Å²) in [5.74, 6) is 1.76. The van der Waals surface area contributed by atoms with E-state index in [0.29, 0.717) is 27.5 Å². The van der Waals surface area contributed by atoms with Gasteiger partial charge in [0.1, 0.15) is 11.6 Å². The molecular formula is C18H16Cl2N4O. The predicted octanol–water partition coefficient (Wildman–Crippen LogP) is 5.59. The summed E-state index contributed by atoms with van der Waals surface area (Å²) in [6.07, 6.45) is 1.65. The van der Waals surface area contributed by atoms with Crippen molar-refractivity contribution >= 4 is 46.3 Å². The van der Waals surface area contributed by atoms with Crippen LogP contribution in [0.15, 0.2) is 48.7 Å². The van der Waals surface area contributed by atoms with Gasteiger partial charge in [-0.3, -0.25) is 0 Å². The van der Waals surface area contributed by atoms with Crippen molar-refractivity contribution in [3.8, 4) is 5.75 Å². The van der Waals surface area contributed by atoms with Crippen molar-refractivity contribution in [3.63, 3.8) is 0 Å². The molecule has 0 radical (unpaired) electrons. The maximum atomic E-state index is 6.19. The molecule has 128 valence electrons. The molecule has 0 aliphatic carbocycles. The summed E-state index contributed by atoms with van der Waals surface area (Å²) in [6.45, 7) is 2.01. The largest absolute Gasteiger partial charge is 0.495 e. The van der Waals surface area contributed by atoms with Crippen LogP contribution in [0.4, 0.5) is 23.1 Å². The third kappa shape index (κ3) is 4.13. The molecule has 7 heteroatoms. The van der Waals surface area contributed by atoms with Crippen LogP contribution < -0.4 is 15.4 Å². The Balaban J connectivity index is 1.85. The molecule has 0 unspecified atom stereocenters. The predicted molar refractivity (Wildman–Crippen MR) is 103 cm³/mol. The fourth-order valence-corrected chi connectivity index (χ4v) is 2.61. The van der Waals surface area contributed by atoms with Crippen molar-refractivity contribution < 1.29 is 4.74 Å². The molecule has 2 aromatic carbocycles. The number of nitrogens with one attached hydrogen (secondary N) is 2. The second-order valence-corrected chi connectivity index (χ2v) is 6.11. The maximum Gasteiger partial charge on any atom is 0.229 e. The number of methoxy groups -OCH3 is 1. The highest BCUT2D eigenvalue weighted by Crippen LogP contribution is 2.32. The van der Waals surface area contributed by atoms with E-state index in [0.717, 1.165) is 17.0 Å². The van der Waals surface area contributed by atoms with E-state index in [1.165, 1.54) is 0 Å². The van der Waals surface area contributed by atoms with E-state index in [1.807, 2.05) is 25.1 Å². The minimum Gasteiger partial charge on any atom is -0.495 e. The zero-order valence-corrected chi connectivity index (χ0v) is 15.2. The van der Waals surface area contributed by atoms with Gasteiger partial charge in [-0.2, -0.15) is 4.98 Å². The molecule has 0 aliphatic heterocycles. The molecule has 2 N–H and O–H groups in total. The molecule has 0 bridgehead atoms. The molecule has 5 nitrogen and oxygen atoms in total. The van der Waals surface area contributed by atoms with Crippen LogP contribution in [0.3, 0.4) is 0 Å². The lowest BCUT2D eigenvalue weighted by atomic mass is 10.2. The van der Waals surface area contributed by atoms with Gasteiger partial charge in [-0.15, -0.1) is 0 Å². The number of benzene rings is 2. The number of nitrogens with zero attached hydrogens (tertiary/aromatic N) is 2. The fraction of sp³-hybridized carbons (Fsp3) is 0.111. The summed E-state index contributed by atoms with van der Waals surface area (Å²) >= 11 is 12.2. The van der Waals surface area contributed by atoms with Crippen molar-refractivity contribution in [2.45, 2.75) is 6.92 Å². The average Bonchev–Trinajstić information content (AvgIpc) is 2.60. The van der Waals surface area contributed by atoms with E-state index in [-0.39, 0.29) is 0 Å². The van der Waals surface area contributed by atoms with Crippen LogP contribution in [0.2, 0.25) is 10.0 Å². The quantitative estimate of drug-likeness (QED) is 0.609. The molecule has 3 rings (SSSR count).